The summed E-state index contributed by atoms with van der Waals surface area (Å²) in [5.74, 6) is -0.257. The lowest BCUT2D eigenvalue weighted by molar-refractivity contribution is 0.0951. The third kappa shape index (κ3) is 2.65. The van der Waals surface area contributed by atoms with Crippen molar-refractivity contribution in [3.63, 3.8) is 0 Å². The third-order valence-electron chi connectivity index (χ3n) is 4.26. The lowest BCUT2D eigenvalue weighted by atomic mass is 9.84. The molecule has 1 aliphatic rings. The first-order valence-corrected chi connectivity index (χ1v) is 7.52. The van der Waals surface area contributed by atoms with E-state index < -0.39 is 0 Å². The van der Waals surface area contributed by atoms with E-state index in [0.29, 0.717) is 5.69 Å². The molecule has 5 heteroatoms. The number of aromatic nitrogens is 1. The highest BCUT2D eigenvalue weighted by atomic mass is 16.2. The van der Waals surface area contributed by atoms with E-state index in [9.17, 15) is 4.79 Å². The summed E-state index contributed by atoms with van der Waals surface area (Å²) in [6.45, 7) is 4.37. The maximum absolute atomic E-state index is 11.8. The number of aromatic amines is 1. The number of hydrogen-bond acceptors (Lipinski definition) is 3. The van der Waals surface area contributed by atoms with Crippen LogP contribution in [0.2, 0.25) is 0 Å². The molecule has 0 atom stereocenters. The molecule has 0 spiro atoms. The molecule has 1 aliphatic heterocycles. The highest BCUT2D eigenvalue weighted by Gasteiger charge is 2.37. The largest absolute Gasteiger partial charge is 0.357 e. The van der Waals surface area contributed by atoms with Crippen LogP contribution in [0.5, 0.6) is 0 Å². The Morgan fingerprint density at radius 3 is 2.74 bits per heavy atom. The molecule has 0 saturated heterocycles. The minimum atomic E-state index is -0.257. The summed E-state index contributed by atoms with van der Waals surface area (Å²) in [7, 11) is 2.05. The Kier molecular flexibility index (Phi) is 3.78. The molecule has 5 nitrogen and oxygen atoms in total. The van der Waals surface area contributed by atoms with Gasteiger partial charge in [0, 0.05) is 36.3 Å². The summed E-state index contributed by atoms with van der Waals surface area (Å²) in [4.78, 5) is 16.8. The van der Waals surface area contributed by atoms with Crippen molar-refractivity contribution in [3.8, 4) is 0 Å². The van der Waals surface area contributed by atoms with Crippen LogP contribution in [0.4, 0.5) is 5.69 Å². The summed E-state index contributed by atoms with van der Waals surface area (Å²) in [5, 5.41) is 4.01. The van der Waals surface area contributed by atoms with E-state index in [1.807, 2.05) is 19.2 Å². The molecule has 0 aliphatic carbocycles. The molecule has 0 radical (unpaired) electrons. The van der Waals surface area contributed by atoms with Crippen LogP contribution in [0, 0.1) is 0 Å². The van der Waals surface area contributed by atoms with E-state index in [2.05, 4.69) is 52.5 Å². The van der Waals surface area contributed by atoms with Crippen molar-refractivity contribution in [1.29, 1.82) is 0 Å². The van der Waals surface area contributed by atoms with Gasteiger partial charge in [-0.15, -0.1) is 0 Å². The maximum Gasteiger partial charge on any atom is 0.287 e. The molecule has 3 rings (SSSR count). The molecule has 2 N–H and O–H groups in total. The predicted octanol–water partition coefficient (Wildman–Crippen LogP) is 3.04. The number of fused-ring (bicyclic) bond motifs is 1. The van der Waals surface area contributed by atoms with Crippen LogP contribution >= 0.6 is 0 Å². The van der Waals surface area contributed by atoms with Crippen molar-refractivity contribution in [3.05, 3.63) is 65.6 Å². The van der Waals surface area contributed by atoms with Gasteiger partial charge in [0.15, 0.2) is 0 Å². The average Bonchev–Trinajstić information content (AvgIpc) is 3.13. The summed E-state index contributed by atoms with van der Waals surface area (Å²) >= 11 is 0. The van der Waals surface area contributed by atoms with E-state index in [1.165, 1.54) is 11.3 Å². The Bertz CT molecular complexity index is 772. The van der Waals surface area contributed by atoms with Crippen LogP contribution in [-0.4, -0.2) is 24.2 Å². The monoisotopic (exact) mass is 308 g/mol. The minimum absolute atomic E-state index is 0.0964. The zero-order valence-electron chi connectivity index (χ0n) is 13.5. The third-order valence-corrected chi connectivity index (χ3v) is 4.26. The Morgan fingerprint density at radius 2 is 2.04 bits per heavy atom. The van der Waals surface area contributed by atoms with E-state index in [-0.39, 0.29) is 11.3 Å². The molecule has 2 heterocycles. The second kappa shape index (κ2) is 5.76. The lowest BCUT2D eigenvalue weighted by Crippen LogP contribution is -2.23. The molecule has 0 bridgehead atoms. The summed E-state index contributed by atoms with van der Waals surface area (Å²) in [6, 6.07) is 11.8. The number of hydrazone groups is 1. The van der Waals surface area contributed by atoms with Gasteiger partial charge < -0.3 is 9.88 Å². The first-order valence-electron chi connectivity index (χ1n) is 7.52. The van der Waals surface area contributed by atoms with Crippen LogP contribution < -0.4 is 10.3 Å². The number of para-hydroxylation sites is 1. The van der Waals surface area contributed by atoms with Gasteiger partial charge in [0.25, 0.3) is 5.91 Å². The van der Waals surface area contributed by atoms with Gasteiger partial charge in [-0.25, -0.2) is 5.43 Å². The van der Waals surface area contributed by atoms with Crippen LogP contribution in [0.25, 0.3) is 0 Å². The zero-order chi connectivity index (χ0) is 16.4. The normalized spacial score (nSPS) is 17.7. The number of anilines is 1. The first kappa shape index (κ1) is 15.1. The number of allylic oxidation sites excluding steroid dienone is 2. The first-order chi connectivity index (χ1) is 11.0. The van der Waals surface area contributed by atoms with Crippen LogP contribution in [0.15, 0.2) is 59.5 Å². The quantitative estimate of drug-likeness (QED) is 0.676. The molecular formula is C18H20N4O. The van der Waals surface area contributed by atoms with Gasteiger partial charge in [-0.1, -0.05) is 32.0 Å². The number of rotatable bonds is 3. The molecule has 0 saturated carbocycles. The Labute approximate surface area is 135 Å². The number of carbonyl (C=O) groups excluding carboxylic acids is 1. The summed E-state index contributed by atoms with van der Waals surface area (Å²) in [6.07, 6.45) is 5.27. The van der Waals surface area contributed by atoms with Crippen LogP contribution in [0.3, 0.4) is 0 Å². The molecule has 23 heavy (non-hydrogen) atoms. The smallest absolute Gasteiger partial charge is 0.287 e. The fourth-order valence-electron chi connectivity index (χ4n) is 3.04. The zero-order valence-corrected chi connectivity index (χ0v) is 13.5. The van der Waals surface area contributed by atoms with Gasteiger partial charge in [0.2, 0.25) is 0 Å². The van der Waals surface area contributed by atoms with Crippen molar-refractivity contribution in [2.75, 3.05) is 11.9 Å². The molecular weight excluding hydrogens is 288 g/mol. The number of carbonyl (C=O) groups is 1. The minimum Gasteiger partial charge on any atom is -0.357 e. The van der Waals surface area contributed by atoms with Crippen molar-refractivity contribution in [2.24, 2.45) is 5.10 Å². The SMILES string of the molecule is CN1/C(=C\C=N/NC(=O)c2ccc[nH]2)C(C)(C)c2ccccc21. The highest BCUT2D eigenvalue weighted by molar-refractivity contribution is 5.92. The molecule has 1 amide bonds. The van der Waals surface area contributed by atoms with E-state index in [0.717, 1.165) is 5.70 Å². The number of likely N-dealkylation sites (N-methyl/N-ethyl adjacent to an activating group) is 1. The average molecular weight is 308 g/mol. The number of nitrogens with one attached hydrogen (secondary N) is 2. The van der Waals surface area contributed by atoms with Crippen molar-refractivity contribution in [1.82, 2.24) is 10.4 Å². The number of H-pyrrole nitrogens is 1. The molecule has 1 aromatic carbocycles. The van der Waals surface area contributed by atoms with Gasteiger partial charge >= 0.3 is 0 Å². The van der Waals surface area contributed by atoms with Gasteiger partial charge in [-0.3, -0.25) is 4.79 Å². The van der Waals surface area contributed by atoms with Gasteiger partial charge in [0.1, 0.15) is 5.69 Å². The molecule has 0 fully saturated rings. The molecule has 1 aromatic heterocycles. The predicted molar refractivity (Wildman–Crippen MR) is 92.7 cm³/mol. The van der Waals surface area contributed by atoms with Gasteiger partial charge in [0.05, 0.1) is 0 Å². The van der Waals surface area contributed by atoms with E-state index in [1.54, 1.807) is 24.5 Å². The van der Waals surface area contributed by atoms with Crippen LogP contribution in [-0.2, 0) is 5.41 Å². The number of benzene rings is 1. The Morgan fingerprint density at radius 1 is 1.26 bits per heavy atom. The maximum atomic E-state index is 11.8. The lowest BCUT2D eigenvalue weighted by Gasteiger charge is -2.23. The van der Waals surface area contributed by atoms with Crippen molar-refractivity contribution in [2.45, 2.75) is 19.3 Å². The number of hydrogen-bond donors (Lipinski definition) is 2. The fourth-order valence-corrected chi connectivity index (χ4v) is 3.04. The van der Waals surface area contributed by atoms with Gasteiger partial charge in [-0.05, 0) is 29.8 Å². The molecule has 118 valence electrons. The van der Waals surface area contributed by atoms with Crippen LogP contribution in [0.1, 0.15) is 29.9 Å². The molecule has 2 aromatic rings. The fraction of sp³-hybridized carbons (Fsp3) is 0.222. The highest BCUT2D eigenvalue weighted by Crippen LogP contribution is 2.46. The number of nitrogens with zero attached hydrogens (tertiary/aromatic N) is 2. The van der Waals surface area contributed by atoms with E-state index in [4.69, 9.17) is 0 Å². The number of amides is 1. The topological polar surface area (TPSA) is 60.5 Å². The Hall–Kier alpha value is -2.82. The second-order valence-corrected chi connectivity index (χ2v) is 6.06. The summed E-state index contributed by atoms with van der Waals surface area (Å²) < 4.78 is 0. The Balaban J connectivity index is 1.76. The standard InChI is InChI=1S/C18H20N4O/c1-18(2)13-7-4-5-9-15(13)22(3)16(18)10-12-20-21-17(23)14-8-6-11-19-14/h4-12,19H,1-3H3,(H,21,23)/b16-10-,20-12-. The van der Waals surface area contributed by atoms with Gasteiger partial charge in [-0.2, -0.15) is 5.10 Å². The second-order valence-electron chi connectivity index (χ2n) is 6.06. The van der Waals surface area contributed by atoms with Crippen molar-refractivity contribution < 1.29 is 4.79 Å². The summed E-state index contributed by atoms with van der Waals surface area (Å²) in [5.41, 5.74) is 6.53. The molecule has 0 unspecified atom stereocenters. The van der Waals surface area contributed by atoms with Crippen molar-refractivity contribution >= 4 is 17.8 Å². The van der Waals surface area contributed by atoms with E-state index >= 15 is 0 Å².